The van der Waals surface area contributed by atoms with Crippen LogP contribution in [0.15, 0.2) is 43.0 Å². The van der Waals surface area contributed by atoms with Gasteiger partial charge in [-0.15, -0.1) is 0 Å². The molecule has 2 aromatic rings. The average molecular weight is 360 g/mol. The van der Waals surface area contributed by atoms with Crippen molar-refractivity contribution < 1.29 is 9.59 Å². The zero-order valence-corrected chi connectivity index (χ0v) is 14.9. The molecule has 0 unspecified atom stereocenters. The number of imidazole rings is 1. The minimum atomic E-state index is -0.134. The van der Waals surface area contributed by atoms with Crippen LogP contribution in [-0.4, -0.2) is 39.2 Å². The highest BCUT2D eigenvalue weighted by molar-refractivity contribution is 6.31. The SMILES string of the molecule is O=C(c1cccc(Cl)c1)[C@@H]1CCCN(C(=O)CCCn2ccnc2)C1. The number of nitrogens with zero attached hydrogens (tertiary/aromatic N) is 3. The second-order valence-corrected chi connectivity index (χ2v) is 6.89. The fraction of sp³-hybridized carbons (Fsp3) is 0.421. The lowest BCUT2D eigenvalue weighted by molar-refractivity contribution is -0.132. The molecule has 0 saturated carbocycles. The van der Waals surface area contributed by atoms with Gasteiger partial charge in [0.15, 0.2) is 5.78 Å². The van der Waals surface area contributed by atoms with E-state index in [0.717, 1.165) is 32.4 Å². The maximum absolute atomic E-state index is 12.7. The molecule has 0 aliphatic carbocycles. The van der Waals surface area contributed by atoms with Crippen molar-refractivity contribution in [2.75, 3.05) is 13.1 Å². The summed E-state index contributed by atoms with van der Waals surface area (Å²) in [5.74, 6) is 0.0759. The number of hydrogen-bond donors (Lipinski definition) is 0. The Balaban J connectivity index is 1.53. The van der Waals surface area contributed by atoms with Crippen LogP contribution in [0.2, 0.25) is 5.02 Å². The molecule has 1 fully saturated rings. The largest absolute Gasteiger partial charge is 0.342 e. The molecule has 1 atom stereocenters. The van der Waals surface area contributed by atoms with Gasteiger partial charge in [0, 0.05) is 55.0 Å². The number of carbonyl (C=O) groups excluding carboxylic acids is 2. The lowest BCUT2D eigenvalue weighted by Crippen LogP contribution is -2.42. The number of piperidine rings is 1. The molecule has 2 heterocycles. The minimum Gasteiger partial charge on any atom is -0.342 e. The topological polar surface area (TPSA) is 55.2 Å². The van der Waals surface area contributed by atoms with E-state index in [-0.39, 0.29) is 17.6 Å². The Morgan fingerprint density at radius 1 is 1.32 bits per heavy atom. The van der Waals surface area contributed by atoms with Crippen LogP contribution in [0.3, 0.4) is 0 Å². The van der Waals surface area contributed by atoms with Crippen LogP contribution in [0.25, 0.3) is 0 Å². The average Bonchev–Trinajstić information content (AvgIpc) is 3.14. The van der Waals surface area contributed by atoms with E-state index < -0.39 is 0 Å². The Bertz CT molecular complexity index is 730. The molecule has 132 valence electrons. The summed E-state index contributed by atoms with van der Waals surface area (Å²) < 4.78 is 1.97. The first-order valence-corrected chi connectivity index (χ1v) is 9.04. The lowest BCUT2D eigenvalue weighted by Gasteiger charge is -2.32. The van der Waals surface area contributed by atoms with Gasteiger partial charge in [-0.1, -0.05) is 23.7 Å². The summed E-state index contributed by atoms with van der Waals surface area (Å²) in [5.41, 5.74) is 0.631. The van der Waals surface area contributed by atoms with Crippen molar-refractivity contribution in [3.63, 3.8) is 0 Å². The number of hydrogen-bond acceptors (Lipinski definition) is 3. The molecule has 5 nitrogen and oxygen atoms in total. The monoisotopic (exact) mass is 359 g/mol. The first kappa shape index (κ1) is 17.7. The summed E-state index contributed by atoms with van der Waals surface area (Å²) in [7, 11) is 0. The van der Waals surface area contributed by atoms with Crippen LogP contribution >= 0.6 is 11.6 Å². The highest BCUT2D eigenvalue weighted by atomic mass is 35.5. The Kier molecular flexibility index (Phi) is 5.87. The quantitative estimate of drug-likeness (QED) is 0.742. The minimum absolute atomic E-state index is 0.0819. The number of amides is 1. The molecule has 1 saturated heterocycles. The van der Waals surface area contributed by atoms with E-state index >= 15 is 0 Å². The molecule has 0 radical (unpaired) electrons. The van der Waals surface area contributed by atoms with Gasteiger partial charge in [-0.3, -0.25) is 9.59 Å². The van der Waals surface area contributed by atoms with Gasteiger partial charge >= 0.3 is 0 Å². The predicted octanol–water partition coefficient (Wildman–Crippen LogP) is 3.44. The highest BCUT2D eigenvalue weighted by Gasteiger charge is 2.28. The number of benzene rings is 1. The number of likely N-dealkylation sites (tertiary alicyclic amines) is 1. The van der Waals surface area contributed by atoms with Gasteiger partial charge in [0.25, 0.3) is 0 Å². The second-order valence-electron chi connectivity index (χ2n) is 6.46. The van der Waals surface area contributed by atoms with Gasteiger partial charge in [-0.05, 0) is 31.4 Å². The van der Waals surface area contributed by atoms with Gasteiger partial charge in [-0.25, -0.2) is 4.98 Å². The van der Waals surface area contributed by atoms with Gasteiger partial charge in [0.2, 0.25) is 5.91 Å². The third-order valence-corrected chi connectivity index (χ3v) is 4.86. The molecule has 1 aromatic heterocycles. The van der Waals surface area contributed by atoms with Crippen molar-refractivity contribution in [1.82, 2.24) is 14.5 Å². The smallest absolute Gasteiger partial charge is 0.222 e. The van der Waals surface area contributed by atoms with E-state index in [4.69, 9.17) is 11.6 Å². The number of rotatable bonds is 6. The van der Waals surface area contributed by atoms with Crippen molar-refractivity contribution in [1.29, 1.82) is 0 Å². The molecule has 0 spiro atoms. The van der Waals surface area contributed by atoms with Crippen molar-refractivity contribution >= 4 is 23.3 Å². The Labute approximate surface area is 152 Å². The molecule has 1 amide bonds. The summed E-state index contributed by atoms with van der Waals surface area (Å²) in [6, 6.07) is 7.04. The fourth-order valence-corrected chi connectivity index (χ4v) is 3.48. The molecule has 1 aliphatic rings. The number of carbonyl (C=O) groups is 2. The number of halogens is 1. The first-order chi connectivity index (χ1) is 12.1. The molecule has 6 heteroatoms. The van der Waals surface area contributed by atoms with E-state index in [1.54, 1.807) is 36.8 Å². The zero-order chi connectivity index (χ0) is 17.6. The third kappa shape index (κ3) is 4.69. The summed E-state index contributed by atoms with van der Waals surface area (Å²) in [6.07, 6.45) is 8.35. The molecule has 25 heavy (non-hydrogen) atoms. The maximum atomic E-state index is 12.7. The van der Waals surface area contributed by atoms with Crippen LogP contribution in [-0.2, 0) is 11.3 Å². The molecular weight excluding hydrogens is 338 g/mol. The number of aromatic nitrogens is 2. The fourth-order valence-electron chi connectivity index (χ4n) is 3.29. The lowest BCUT2D eigenvalue weighted by atomic mass is 9.90. The Morgan fingerprint density at radius 3 is 2.96 bits per heavy atom. The van der Waals surface area contributed by atoms with Crippen LogP contribution in [0.1, 0.15) is 36.0 Å². The van der Waals surface area contributed by atoms with E-state index in [1.165, 1.54) is 0 Å². The van der Waals surface area contributed by atoms with Crippen LogP contribution in [0.5, 0.6) is 0 Å². The molecule has 0 N–H and O–H groups in total. The van der Waals surface area contributed by atoms with Gasteiger partial charge in [0.1, 0.15) is 0 Å². The van der Waals surface area contributed by atoms with Crippen LogP contribution in [0, 0.1) is 5.92 Å². The summed E-state index contributed by atoms with van der Waals surface area (Å²) in [6.45, 7) is 2.03. The van der Waals surface area contributed by atoms with Crippen molar-refractivity contribution in [2.45, 2.75) is 32.2 Å². The Hall–Kier alpha value is -2.14. The van der Waals surface area contributed by atoms with Crippen LogP contribution < -0.4 is 0 Å². The van der Waals surface area contributed by atoms with E-state index in [1.807, 2.05) is 15.7 Å². The summed E-state index contributed by atoms with van der Waals surface area (Å²) >= 11 is 5.98. The molecule has 1 aliphatic heterocycles. The van der Waals surface area contributed by atoms with Gasteiger partial charge in [0.05, 0.1) is 6.33 Å². The molecule has 0 bridgehead atoms. The number of Topliss-reactive ketones (excluding diaryl/α,β-unsaturated/α-hetero) is 1. The number of ketones is 1. The highest BCUT2D eigenvalue weighted by Crippen LogP contribution is 2.23. The van der Waals surface area contributed by atoms with Crippen molar-refractivity contribution in [2.24, 2.45) is 5.92 Å². The van der Waals surface area contributed by atoms with Gasteiger partial charge in [-0.2, -0.15) is 0 Å². The second kappa shape index (κ2) is 8.30. The first-order valence-electron chi connectivity index (χ1n) is 8.67. The predicted molar refractivity (Wildman–Crippen MR) is 96.5 cm³/mol. The molecule has 3 rings (SSSR count). The van der Waals surface area contributed by atoms with Crippen LogP contribution in [0.4, 0.5) is 0 Å². The zero-order valence-electron chi connectivity index (χ0n) is 14.1. The summed E-state index contributed by atoms with van der Waals surface area (Å²) in [5, 5.41) is 0.564. The van der Waals surface area contributed by atoms with Crippen molar-refractivity contribution in [3.8, 4) is 0 Å². The number of aryl methyl sites for hydroxylation is 1. The summed E-state index contributed by atoms with van der Waals surface area (Å²) in [4.78, 5) is 31.0. The van der Waals surface area contributed by atoms with E-state index in [0.29, 0.717) is 23.6 Å². The van der Waals surface area contributed by atoms with Crippen molar-refractivity contribution in [3.05, 3.63) is 53.6 Å². The third-order valence-electron chi connectivity index (χ3n) is 4.62. The maximum Gasteiger partial charge on any atom is 0.222 e. The standard InChI is InChI=1S/C19H22ClN3O2/c20-17-6-1-4-15(12-17)19(25)16-5-2-10-23(13-16)18(24)7-3-9-22-11-8-21-14-22/h1,4,6,8,11-12,14,16H,2-3,5,7,9-10,13H2/t16-/m1/s1. The van der Waals surface area contributed by atoms with Gasteiger partial charge < -0.3 is 9.47 Å². The Morgan fingerprint density at radius 2 is 2.20 bits per heavy atom. The molecule has 1 aromatic carbocycles. The normalized spacial score (nSPS) is 17.5. The molecular formula is C19H22ClN3O2. The van der Waals surface area contributed by atoms with E-state index in [2.05, 4.69) is 4.98 Å². The van der Waals surface area contributed by atoms with E-state index in [9.17, 15) is 9.59 Å².